The van der Waals surface area contributed by atoms with E-state index in [9.17, 15) is 4.79 Å². The molecular weight excluding hydrogens is 154 g/mol. The zero-order chi connectivity index (χ0) is 9.40. The highest BCUT2D eigenvalue weighted by molar-refractivity contribution is 5.78. The van der Waals surface area contributed by atoms with E-state index >= 15 is 0 Å². The molecule has 0 aromatic heterocycles. The molecule has 3 heteroatoms. The van der Waals surface area contributed by atoms with Gasteiger partial charge in [0, 0.05) is 12.6 Å². The largest absolute Gasteiger partial charge is 0.396 e. The highest BCUT2D eigenvalue weighted by atomic mass is 16.3. The lowest BCUT2D eigenvalue weighted by Crippen LogP contribution is -2.34. The Morgan fingerprint density at radius 3 is 2.83 bits per heavy atom. The summed E-state index contributed by atoms with van der Waals surface area (Å²) in [5.41, 5.74) is 0. The van der Waals surface area contributed by atoms with Gasteiger partial charge in [-0.15, -0.1) is 6.42 Å². The molecule has 0 spiro atoms. The van der Waals surface area contributed by atoms with Crippen LogP contribution >= 0.6 is 0 Å². The molecule has 3 nitrogen and oxygen atoms in total. The molecule has 0 bridgehead atoms. The fraction of sp³-hybridized carbons (Fsp3) is 0.667. The van der Waals surface area contributed by atoms with E-state index in [2.05, 4.69) is 11.2 Å². The van der Waals surface area contributed by atoms with E-state index in [-0.39, 0.29) is 25.0 Å². The Kier molecular flexibility index (Phi) is 6.12. The van der Waals surface area contributed by atoms with Gasteiger partial charge in [-0.05, 0) is 12.8 Å². The second kappa shape index (κ2) is 6.68. The minimum atomic E-state index is -0.141. The fourth-order valence-electron chi connectivity index (χ4n) is 0.906. The lowest BCUT2D eigenvalue weighted by molar-refractivity contribution is -0.120. The van der Waals surface area contributed by atoms with E-state index in [1.165, 1.54) is 0 Å². The first-order chi connectivity index (χ1) is 5.74. The summed E-state index contributed by atoms with van der Waals surface area (Å²) in [6.07, 6.45) is 6.48. The summed E-state index contributed by atoms with van der Waals surface area (Å²) in [6.45, 7) is 2.05. The average Bonchev–Trinajstić information content (AvgIpc) is 2.04. The standard InChI is InChI=1S/C9H15NO2/c1-3-5-9(12)10-8(4-2)6-7-11/h1,8,11H,4-7H2,2H3,(H,10,12). The first-order valence-corrected chi connectivity index (χ1v) is 4.08. The predicted octanol–water partition coefficient (Wildman–Crippen LogP) is 0.287. The van der Waals surface area contributed by atoms with Crippen LogP contribution in [0.2, 0.25) is 0 Å². The summed E-state index contributed by atoms with van der Waals surface area (Å²) >= 11 is 0. The number of hydrogen-bond donors (Lipinski definition) is 2. The molecule has 0 aliphatic carbocycles. The van der Waals surface area contributed by atoms with Crippen molar-refractivity contribution in [1.29, 1.82) is 0 Å². The van der Waals surface area contributed by atoms with Gasteiger partial charge >= 0.3 is 0 Å². The highest BCUT2D eigenvalue weighted by Crippen LogP contribution is 1.96. The summed E-state index contributed by atoms with van der Waals surface area (Å²) in [6, 6.07) is 0.0517. The Morgan fingerprint density at radius 2 is 2.42 bits per heavy atom. The summed E-state index contributed by atoms with van der Waals surface area (Å²) in [7, 11) is 0. The van der Waals surface area contributed by atoms with E-state index in [0.717, 1.165) is 6.42 Å². The molecule has 68 valence electrons. The van der Waals surface area contributed by atoms with Crippen molar-refractivity contribution in [3.8, 4) is 12.3 Å². The lowest BCUT2D eigenvalue weighted by Gasteiger charge is -2.14. The monoisotopic (exact) mass is 169 g/mol. The van der Waals surface area contributed by atoms with E-state index < -0.39 is 0 Å². The van der Waals surface area contributed by atoms with Crippen LogP contribution in [0.15, 0.2) is 0 Å². The Balaban J connectivity index is 3.70. The second-order valence-corrected chi connectivity index (χ2v) is 2.57. The summed E-state index contributed by atoms with van der Waals surface area (Å²) in [5.74, 6) is 2.12. The van der Waals surface area contributed by atoms with Crippen molar-refractivity contribution in [2.45, 2.75) is 32.2 Å². The molecule has 0 fully saturated rings. The van der Waals surface area contributed by atoms with Gasteiger partial charge in [0.15, 0.2) is 0 Å². The number of rotatable bonds is 5. The number of aliphatic hydroxyl groups is 1. The fourth-order valence-corrected chi connectivity index (χ4v) is 0.906. The van der Waals surface area contributed by atoms with Crippen LogP contribution < -0.4 is 5.32 Å². The molecule has 0 aromatic carbocycles. The van der Waals surface area contributed by atoms with E-state index in [1.807, 2.05) is 6.92 Å². The Bertz CT molecular complexity index is 172. The Morgan fingerprint density at radius 1 is 1.75 bits per heavy atom. The van der Waals surface area contributed by atoms with Crippen molar-refractivity contribution < 1.29 is 9.90 Å². The minimum Gasteiger partial charge on any atom is -0.396 e. The maximum Gasteiger partial charge on any atom is 0.232 e. The van der Waals surface area contributed by atoms with Gasteiger partial charge in [0.1, 0.15) is 0 Å². The smallest absolute Gasteiger partial charge is 0.232 e. The van der Waals surface area contributed by atoms with Crippen molar-refractivity contribution >= 4 is 5.91 Å². The number of nitrogens with one attached hydrogen (secondary N) is 1. The van der Waals surface area contributed by atoms with Gasteiger partial charge in [0.2, 0.25) is 5.91 Å². The van der Waals surface area contributed by atoms with E-state index in [0.29, 0.717) is 6.42 Å². The summed E-state index contributed by atoms with van der Waals surface area (Å²) in [5, 5.41) is 11.3. The third-order valence-electron chi connectivity index (χ3n) is 1.60. The van der Waals surface area contributed by atoms with Crippen molar-refractivity contribution in [3.05, 3.63) is 0 Å². The van der Waals surface area contributed by atoms with Crippen molar-refractivity contribution in [3.63, 3.8) is 0 Å². The minimum absolute atomic E-state index is 0.0517. The third-order valence-corrected chi connectivity index (χ3v) is 1.60. The summed E-state index contributed by atoms with van der Waals surface area (Å²) < 4.78 is 0. The van der Waals surface area contributed by atoms with Crippen molar-refractivity contribution in [2.75, 3.05) is 6.61 Å². The number of amides is 1. The van der Waals surface area contributed by atoms with Gasteiger partial charge in [-0.1, -0.05) is 12.8 Å². The SMILES string of the molecule is C#CCC(=O)NC(CC)CCO. The average molecular weight is 169 g/mol. The summed E-state index contributed by atoms with van der Waals surface area (Å²) in [4.78, 5) is 11.0. The number of terminal acetylenes is 1. The molecule has 2 N–H and O–H groups in total. The molecule has 1 atom stereocenters. The van der Waals surface area contributed by atoms with Crippen LogP contribution in [0.1, 0.15) is 26.2 Å². The van der Waals surface area contributed by atoms with Gasteiger partial charge in [0.05, 0.1) is 6.42 Å². The maximum atomic E-state index is 11.0. The van der Waals surface area contributed by atoms with Crippen LogP contribution in [0, 0.1) is 12.3 Å². The van der Waals surface area contributed by atoms with Crippen molar-refractivity contribution in [2.24, 2.45) is 0 Å². The van der Waals surface area contributed by atoms with Crippen LogP contribution in [-0.2, 0) is 4.79 Å². The van der Waals surface area contributed by atoms with Crippen molar-refractivity contribution in [1.82, 2.24) is 5.32 Å². The zero-order valence-electron chi connectivity index (χ0n) is 7.34. The first-order valence-electron chi connectivity index (χ1n) is 4.08. The maximum absolute atomic E-state index is 11.0. The Hall–Kier alpha value is -1.01. The molecule has 0 aliphatic rings. The predicted molar refractivity (Wildman–Crippen MR) is 47.4 cm³/mol. The van der Waals surface area contributed by atoms with Crippen LogP contribution in [0.4, 0.5) is 0 Å². The molecule has 1 amide bonds. The molecule has 1 unspecified atom stereocenters. The molecule has 0 heterocycles. The van der Waals surface area contributed by atoms with Gasteiger partial charge < -0.3 is 10.4 Å². The van der Waals surface area contributed by atoms with Crippen LogP contribution in [0.3, 0.4) is 0 Å². The molecule has 0 rings (SSSR count). The van der Waals surface area contributed by atoms with Crippen LogP contribution in [0.5, 0.6) is 0 Å². The molecule has 12 heavy (non-hydrogen) atoms. The number of aliphatic hydroxyl groups excluding tert-OH is 1. The zero-order valence-corrected chi connectivity index (χ0v) is 7.34. The molecule has 0 saturated carbocycles. The second-order valence-electron chi connectivity index (χ2n) is 2.57. The normalized spacial score (nSPS) is 11.8. The van der Waals surface area contributed by atoms with Gasteiger partial charge in [-0.2, -0.15) is 0 Å². The van der Waals surface area contributed by atoms with E-state index in [1.54, 1.807) is 0 Å². The molecule has 0 aliphatic heterocycles. The highest BCUT2D eigenvalue weighted by Gasteiger charge is 2.07. The lowest BCUT2D eigenvalue weighted by atomic mass is 10.1. The van der Waals surface area contributed by atoms with Gasteiger partial charge in [-0.3, -0.25) is 4.79 Å². The molecule has 0 aromatic rings. The number of hydrogen-bond acceptors (Lipinski definition) is 2. The third kappa shape index (κ3) is 4.75. The molecule has 0 radical (unpaired) electrons. The topological polar surface area (TPSA) is 49.3 Å². The van der Waals surface area contributed by atoms with Gasteiger partial charge in [-0.25, -0.2) is 0 Å². The molecule has 0 saturated heterocycles. The first kappa shape index (κ1) is 11.0. The van der Waals surface area contributed by atoms with E-state index in [4.69, 9.17) is 11.5 Å². The Labute approximate surface area is 73.2 Å². The number of carbonyl (C=O) groups is 1. The molecular formula is C9H15NO2. The van der Waals surface area contributed by atoms with Gasteiger partial charge in [0.25, 0.3) is 0 Å². The van der Waals surface area contributed by atoms with Crippen LogP contribution in [0.25, 0.3) is 0 Å². The number of carbonyl (C=O) groups excluding carboxylic acids is 1. The quantitative estimate of drug-likeness (QED) is 0.581. The van der Waals surface area contributed by atoms with Crippen LogP contribution in [-0.4, -0.2) is 23.7 Å².